The molecule has 1 saturated heterocycles. The summed E-state index contributed by atoms with van der Waals surface area (Å²) < 4.78 is 28.3. The maximum absolute atomic E-state index is 13.1. The Balaban J connectivity index is 1.34. The molecular formula is C20H20N4O3S2. The summed E-state index contributed by atoms with van der Waals surface area (Å²) in [4.78, 5) is 21.5. The van der Waals surface area contributed by atoms with E-state index in [1.165, 1.54) is 4.70 Å². The zero-order valence-electron chi connectivity index (χ0n) is 15.7. The van der Waals surface area contributed by atoms with Crippen molar-refractivity contribution >= 4 is 43.3 Å². The first-order chi connectivity index (χ1) is 14.0. The molecule has 5 rings (SSSR count). The number of amides is 1. The highest BCUT2D eigenvalue weighted by Crippen LogP contribution is 2.33. The predicted molar refractivity (Wildman–Crippen MR) is 113 cm³/mol. The maximum atomic E-state index is 13.1. The van der Waals surface area contributed by atoms with Crippen molar-refractivity contribution in [3.8, 4) is 0 Å². The van der Waals surface area contributed by atoms with E-state index in [-0.39, 0.29) is 17.6 Å². The van der Waals surface area contributed by atoms with Crippen LogP contribution >= 0.6 is 11.3 Å². The normalized spacial score (nSPS) is 23.5. The molecule has 1 aromatic carbocycles. The first kappa shape index (κ1) is 18.5. The number of hydrogen-bond acceptors (Lipinski definition) is 6. The molecule has 1 aromatic heterocycles. The molecule has 1 atom stereocenters. The Hall–Kier alpha value is -2.52. The highest BCUT2D eigenvalue weighted by Gasteiger charge is 2.30. The molecular weight excluding hydrogens is 408 g/mol. The molecule has 0 spiro atoms. The number of piperidine rings is 1. The van der Waals surface area contributed by atoms with Crippen LogP contribution in [-0.4, -0.2) is 60.3 Å². The lowest BCUT2D eigenvalue weighted by Crippen LogP contribution is -2.42. The average molecular weight is 429 g/mol. The maximum Gasteiger partial charge on any atom is 0.256 e. The van der Waals surface area contributed by atoms with Gasteiger partial charge < -0.3 is 9.80 Å². The van der Waals surface area contributed by atoms with Gasteiger partial charge in [-0.25, -0.2) is 13.4 Å². The van der Waals surface area contributed by atoms with Gasteiger partial charge in [0.1, 0.15) is 5.84 Å². The Morgan fingerprint density at radius 1 is 1.17 bits per heavy atom. The second kappa shape index (κ2) is 7.07. The van der Waals surface area contributed by atoms with Gasteiger partial charge in [-0.1, -0.05) is 12.1 Å². The largest absolute Gasteiger partial charge is 0.338 e. The zero-order chi connectivity index (χ0) is 20.0. The molecule has 2 aromatic rings. The second-order valence-electron chi connectivity index (χ2n) is 7.46. The third-order valence-electron chi connectivity index (χ3n) is 5.44. The van der Waals surface area contributed by atoms with Gasteiger partial charge in [0, 0.05) is 31.8 Å². The number of rotatable bonds is 2. The molecule has 1 amide bonds. The van der Waals surface area contributed by atoms with E-state index in [1.807, 2.05) is 23.1 Å². The van der Waals surface area contributed by atoms with Crippen LogP contribution in [0.25, 0.3) is 10.2 Å². The number of benzene rings is 1. The molecule has 0 N–H and O–H groups in total. The fourth-order valence-electron chi connectivity index (χ4n) is 3.94. The van der Waals surface area contributed by atoms with Crippen molar-refractivity contribution in [3.05, 3.63) is 53.2 Å². The fraction of sp³-hybridized carbons (Fsp3) is 0.350. The van der Waals surface area contributed by atoms with E-state index in [2.05, 4.69) is 10.5 Å². The Kier molecular flexibility index (Phi) is 4.51. The monoisotopic (exact) mass is 428 g/mol. The first-order valence-electron chi connectivity index (χ1n) is 9.62. The van der Waals surface area contributed by atoms with Gasteiger partial charge in [-0.3, -0.25) is 4.79 Å². The van der Waals surface area contributed by atoms with Gasteiger partial charge in [-0.05, 0) is 37.1 Å². The van der Waals surface area contributed by atoms with Crippen molar-refractivity contribution < 1.29 is 13.2 Å². The summed E-state index contributed by atoms with van der Waals surface area (Å²) >= 11 is 1.71. The van der Waals surface area contributed by atoms with Crippen LogP contribution in [0.4, 0.5) is 0 Å². The van der Waals surface area contributed by atoms with Crippen LogP contribution in [0.5, 0.6) is 0 Å². The van der Waals surface area contributed by atoms with Crippen molar-refractivity contribution in [1.82, 2.24) is 14.8 Å². The minimum absolute atomic E-state index is 0.0282. The molecule has 0 saturated carbocycles. The van der Waals surface area contributed by atoms with Crippen LogP contribution in [0, 0.1) is 0 Å². The predicted octanol–water partition coefficient (Wildman–Crippen LogP) is 2.50. The van der Waals surface area contributed by atoms with Crippen molar-refractivity contribution in [2.75, 3.05) is 25.4 Å². The van der Waals surface area contributed by atoms with Crippen molar-refractivity contribution in [2.24, 2.45) is 4.40 Å². The van der Waals surface area contributed by atoms with Crippen LogP contribution in [0.1, 0.15) is 23.8 Å². The SMILES string of the molecule is O=C(C1=CN2CCS(=O)(=O)N=C2C=C1)N1CCC[C@@H](c2nc3ccccc3s2)C1. The molecule has 0 unspecified atom stereocenters. The van der Waals surface area contributed by atoms with E-state index < -0.39 is 10.0 Å². The van der Waals surface area contributed by atoms with Gasteiger partial charge in [0.25, 0.3) is 15.9 Å². The average Bonchev–Trinajstić information content (AvgIpc) is 3.17. The van der Waals surface area contributed by atoms with Crippen LogP contribution < -0.4 is 0 Å². The molecule has 4 heterocycles. The molecule has 7 nitrogen and oxygen atoms in total. The molecule has 0 aliphatic carbocycles. The lowest BCUT2D eigenvalue weighted by molar-refractivity contribution is -0.128. The number of para-hydroxylation sites is 1. The summed E-state index contributed by atoms with van der Waals surface area (Å²) in [6.07, 6.45) is 6.97. The number of likely N-dealkylation sites (tertiary alicyclic amines) is 1. The molecule has 29 heavy (non-hydrogen) atoms. The number of aromatic nitrogens is 1. The number of nitrogens with zero attached hydrogens (tertiary/aromatic N) is 4. The number of thiazole rings is 1. The van der Waals surface area contributed by atoms with E-state index >= 15 is 0 Å². The van der Waals surface area contributed by atoms with Crippen LogP contribution in [0.3, 0.4) is 0 Å². The van der Waals surface area contributed by atoms with Crippen molar-refractivity contribution in [3.63, 3.8) is 0 Å². The number of amidine groups is 1. The van der Waals surface area contributed by atoms with Crippen molar-refractivity contribution in [1.29, 1.82) is 0 Å². The summed E-state index contributed by atoms with van der Waals surface area (Å²) in [5, 5.41) is 1.09. The minimum atomic E-state index is -3.40. The topological polar surface area (TPSA) is 82.9 Å². The minimum Gasteiger partial charge on any atom is -0.338 e. The van der Waals surface area contributed by atoms with Crippen LogP contribution in [-0.2, 0) is 14.8 Å². The number of sulfonamides is 1. The van der Waals surface area contributed by atoms with E-state index in [4.69, 9.17) is 4.98 Å². The van der Waals surface area contributed by atoms with Gasteiger partial charge in [-0.15, -0.1) is 15.7 Å². The standard InChI is InChI=1S/C20H20N4O3S2/c25-20(15-7-8-18-22-29(26,27)11-10-23(18)13-15)24-9-3-4-14(12-24)19-21-16-5-1-2-6-17(16)28-19/h1-2,5-8,13-14H,3-4,9-12H2/t14-/m1/s1. The van der Waals surface area contributed by atoms with Crippen LogP contribution in [0.2, 0.25) is 0 Å². The molecule has 1 fully saturated rings. The number of hydrogen-bond donors (Lipinski definition) is 0. The molecule has 9 heteroatoms. The molecule has 3 aliphatic heterocycles. The summed E-state index contributed by atoms with van der Waals surface area (Å²) in [5.74, 6) is 0.556. The number of carbonyl (C=O) groups excluding carboxylic acids is 1. The first-order valence-corrected chi connectivity index (χ1v) is 12.0. The van der Waals surface area contributed by atoms with Gasteiger partial charge in [0.15, 0.2) is 0 Å². The summed E-state index contributed by atoms with van der Waals surface area (Å²) in [6, 6.07) is 8.12. The van der Waals surface area contributed by atoms with Crippen molar-refractivity contribution in [2.45, 2.75) is 18.8 Å². The van der Waals surface area contributed by atoms with Gasteiger partial charge in [0.2, 0.25) is 0 Å². The quantitative estimate of drug-likeness (QED) is 0.734. The molecule has 3 aliphatic rings. The van der Waals surface area contributed by atoms with E-state index in [1.54, 1.807) is 34.6 Å². The smallest absolute Gasteiger partial charge is 0.256 e. The zero-order valence-corrected chi connectivity index (χ0v) is 17.3. The summed E-state index contributed by atoms with van der Waals surface area (Å²) in [5.41, 5.74) is 1.58. The van der Waals surface area contributed by atoms with Gasteiger partial charge in [0.05, 0.1) is 26.6 Å². The third kappa shape index (κ3) is 3.60. The third-order valence-corrected chi connectivity index (χ3v) is 7.80. The fourth-order valence-corrected chi connectivity index (χ4v) is 6.00. The van der Waals surface area contributed by atoms with E-state index in [0.717, 1.165) is 29.9 Å². The molecule has 0 bridgehead atoms. The Morgan fingerprint density at radius 2 is 2.03 bits per heavy atom. The lowest BCUT2D eigenvalue weighted by Gasteiger charge is -2.33. The highest BCUT2D eigenvalue weighted by molar-refractivity contribution is 7.90. The number of carbonyl (C=O) groups is 1. The second-order valence-corrected chi connectivity index (χ2v) is 10.3. The van der Waals surface area contributed by atoms with E-state index in [0.29, 0.717) is 24.5 Å². The number of fused-ring (bicyclic) bond motifs is 2. The van der Waals surface area contributed by atoms with Crippen LogP contribution in [0.15, 0.2) is 52.6 Å². The Labute approximate surface area is 173 Å². The lowest BCUT2D eigenvalue weighted by atomic mass is 9.97. The summed E-state index contributed by atoms with van der Waals surface area (Å²) in [6.45, 7) is 1.69. The summed E-state index contributed by atoms with van der Waals surface area (Å²) in [7, 11) is -3.40. The highest BCUT2D eigenvalue weighted by atomic mass is 32.2. The Bertz CT molecular complexity index is 1150. The molecule has 0 radical (unpaired) electrons. The van der Waals surface area contributed by atoms with Gasteiger partial charge in [-0.2, -0.15) is 0 Å². The Morgan fingerprint density at radius 3 is 2.90 bits per heavy atom. The van der Waals surface area contributed by atoms with Gasteiger partial charge >= 0.3 is 0 Å². The molecule has 150 valence electrons. The van der Waals surface area contributed by atoms with E-state index in [9.17, 15) is 13.2 Å².